The standard InChI is InChI=1S/C47H72N2O23/c1-11-13-14-15-16-17-18-19-20-21-48-46(59)64-26-47(49-37(58)12-2,24-62-44-42(69-33(9)56)40(67-31(7)54)38(65-29(5)52)35(71-44)22-60-27(3)50)25-63-45-43(70-34(10)57)41(68-32(8)55)39(66-30(6)53)36(72-45)23-61-28(4)51/h12,35-36,38-45H,2,11,13-26H2,1,3-10H3,(H,48,59)(H,49,58)/t35?,36?,38-,39-,40+,41+,42?,43?,44-,45-,47?/m1/s1. The highest BCUT2D eigenvalue weighted by Crippen LogP contribution is 2.33. The molecule has 0 aromatic carbocycles. The van der Waals surface area contributed by atoms with Gasteiger partial charge in [0.05, 0.1) is 13.2 Å². The molecule has 408 valence electrons. The van der Waals surface area contributed by atoms with E-state index in [-0.39, 0.29) is 6.54 Å². The van der Waals surface area contributed by atoms with E-state index >= 15 is 0 Å². The number of amides is 2. The third kappa shape index (κ3) is 23.1. The first-order valence-corrected chi connectivity index (χ1v) is 23.7. The van der Waals surface area contributed by atoms with Crippen LogP contribution in [0.1, 0.15) is 120 Å². The minimum absolute atomic E-state index is 0.211. The summed E-state index contributed by atoms with van der Waals surface area (Å²) < 4.78 is 73.6. The van der Waals surface area contributed by atoms with E-state index in [1.165, 1.54) is 12.8 Å². The number of nitrogens with one attached hydrogen (secondary N) is 2. The Morgan fingerprint density at radius 2 is 0.833 bits per heavy atom. The van der Waals surface area contributed by atoms with Gasteiger partial charge in [0, 0.05) is 61.9 Å². The number of ether oxygens (including phenoxy) is 13. The second-order valence-corrected chi connectivity index (χ2v) is 17.1. The molecule has 2 N–H and O–H groups in total. The maximum atomic E-state index is 13.4. The van der Waals surface area contributed by atoms with E-state index < -0.39 is 160 Å². The smallest absolute Gasteiger partial charge is 0.407 e. The lowest BCUT2D eigenvalue weighted by Crippen LogP contribution is -2.66. The van der Waals surface area contributed by atoms with Gasteiger partial charge in [0.1, 0.15) is 37.6 Å². The zero-order valence-corrected chi connectivity index (χ0v) is 42.6. The van der Waals surface area contributed by atoms with Crippen molar-refractivity contribution in [2.45, 2.75) is 187 Å². The van der Waals surface area contributed by atoms with Crippen LogP contribution in [0.4, 0.5) is 4.79 Å². The van der Waals surface area contributed by atoms with Crippen LogP contribution in [-0.4, -0.2) is 166 Å². The molecule has 0 radical (unpaired) electrons. The molecule has 0 aromatic heterocycles. The Morgan fingerprint density at radius 1 is 0.472 bits per heavy atom. The van der Waals surface area contributed by atoms with Gasteiger partial charge in [0.2, 0.25) is 5.91 Å². The molecule has 72 heavy (non-hydrogen) atoms. The van der Waals surface area contributed by atoms with E-state index in [4.69, 9.17) is 61.6 Å². The number of esters is 8. The lowest BCUT2D eigenvalue weighted by molar-refractivity contribution is -0.320. The predicted molar refractivity (Wildman–Crippen MR) is 243 cm³/mol. The molecule has 0 aromatic rings. The molecule has 2 rings (SSSR count). The van der Waals surface area contributed by atoms with Crippen LogP contribution in [0.2, 0.25) is 0 Å². The Balaban J connectivity index is 2.71. The van der Waals surface area contributed by atoms with Crippen LogP contribution >= 0.6 is 0 Å². The van der Waals surface area contributed by atoms with Gasteiger partial charge < -0.3 is 72.2 Å². The largest absolute Gasteiger partial charge is 0.463 e. The summed E-state index contributed by atoms with van der Waals surface area (Å²) in [5.41, 5.74) is -2.11. The molecule has 25 heteroatoms. The SMILES string of the molecule is C=CC(=O)NC(COC(=O)NCCCCCCCCCCC)(CO[C@@H]1OC(COC(C)=O)[C@@H](OC(C)=O)[C@H](OC(C)=O)C1OC(C)=O)CO[C@@H]1OC(COC(C)=O)[C@@H](OC(C)=O)[C@H](OC(C)=O)C1OC(C)=O. The van der Waals surface area contributed by atoms with Gasteiger partial charge in [0.15, 0.2) is 49.2 Å². The van der Waals surface area contributed by atoms with Crippen LogP contribution in [0, 0.1) is 0 Å². The first-order chi connectivity index (χ1) is 34.0. The van der Waals surface area contributed by atoms with Crippen LogP contribution in [0.3, 0.4) is 0 Å². The number of hydrogen-bond donors (Lipinski definition) is 2. The first kappa shape index (κ1) is 62.2. The molecule has 0 saturated carbocycles. The van der Waals surface area contributed by atoms with Crippen molar-refractivity contribution in [3.8, 4) is 0 Å². The van der Waals surface area contributed by atoms with Crippen LogP contribution in [0.15, 0.2) is 12.7 Å². The summed E-state index contributed by atoms with van der Waals surface area (Å²) in [6.07, 6.45) is -7.50. The van der Waals surface area contributed by atoms with Crippen molar-refractivity contribution in [2.75, 3.05) is 39.6 Å². The Kier molecular flexibility index (Phi) is 27.8. The van der Waals surface area contributed by atoms with Gasteiger partial charge in [-0.25, -0.2) is 4.79 Å². The monoisotopic (exact) mass is 1030 g/mol. The average Bonchev–Trinajstić information content (AvgIpc) is 3.28. The fourth-order valence-corrected chi connectivity index (χ4v) is 7.56. The molecule has 0 spiro atoms. The Bertz CT molecular complexity index is 1750. The summed E-state index contributed by atoms with van der Waals surface area (Å²) >= 11 is 0. The minimum atomic E-state index is -2.11. The molecule has 2 aliphatic rings. The van der Waals surface area contributed by atoms with Gasteiger partial charge in [-0.05, 0) is 12.5 Å². The summed E-state index contributed by atoms with van der Waals surface area (Å²) in [5.74, 6) is -8.07. The molecule has 2 aliphatic heterocycles. The fourth-order valence-electron chi connectivity index (χ4n) is 7.56. The maximum absolute atomic E-state index is 13.4. The highest BCUT2D eigenvalue weighted by Gasteiger charge is 2.55. The number of carbonyl (C=O) groups is 10. The number of hydrogen-bond acceptors (Lipinski definition) is 23. The van der Waals surface area contributed by atoms with Gasteiger partial charge in [0.25, 0.3) is 0 Å². The highest BCUT2D eigenvalue weighted by atomic mass is 16.8. The Morgan fingerprint density at radius 3 is 1.19 bits per heavy atom. The van der Waals surface area contributed by atoms with Crippen molar-refractivity contribution in [1.82, 2.24) is 10.6 Å². The number of carbonyl (C=O) groups excluding carboxylic acids is 10. The van der Waals surface area contributed by atoms with E-state index in [0.717, 1.165) is 100.0 Å². The third-order valence-corrected chi connectivity index (χ3v) is 10.5. The third-order valence-electron chi connectivity index (χ3n) is 10.5. The zero-order valence-electron chi connectivity index (χ0n) is 42.6. The number of alkyl carbamates (subject to hydrolysis) is 1. The number of unbranched alkanes of at least 4 members (excludes halogenated alkanes) is 8. The summed E-state index contributed by atoms with van der Waals surface area (Å²) in [6.45, 7) is 10.4. The fraction of sp³-hybridized carbons (Fsp3) is 0.745. The van der Waals surface area contributed by atoms with Gasteiger partial charge in [-0.1, -0.05) is 64.9 Å². The normalized spacial score (nSPS) is 24.3. The van der Waals surface area contributed by atoms with Crippen molar-refractivity contribution in [2.24, 2.45) is 0 Å². The van der Waals surface area contributed by atoms with E-state index in [1.807, 2.05) is 0 Å². The van der Waals surface area contributed by atoms with Crippen LogP contribution in [0.5, 0.6) is 0 Å². The molecular weight excluding hydrogens is 961 g/mol. The highest BCUT2D eigenvalue weighted by molar-refractivity contribution is 5.87. The second kappa shape index (κ2) is 32.2. The number of rotatable bonds is 30. The van der Waals surface area contributed by atoms with Crippen molar-refractivity contribution in [3.63, 3.8) is 0 Å². The molecular formula is C47H72N2O23. The first-order valence-electron chi connectivity index (χ1n) is 23.7. The molecule has 2 heterocycles. The molecule has 2 saturated heterocycles. The van der Waals surface area contributed by atoms with Gasteiger partial charge in [-0.2, -0.15) is 0 Å². The molecule has 10 atom stereocenters. The Labute approximate surface area is 418 Å². The quantitative estimate of drug-likeness (QED) is 0.0452. The van der Waals surface area contributed by atoms with E-state index in [9.17, 15) is 47.9 Å². The van der Waals surface area contributed by atoms with Crippen LogP contribution in [-0.2, 0) is 105 Å². The van der Waals surface area contributed by atoms with Crippen LogP contribution < -0.4 is 10.6 Å². The summed E-state index contributed by atoms with van der Waals surface area (Å²) in [4.78, 5) is 126. The molecule has 4 unspecified atom stereocenters. The lowest BCUT2D eigenvalue weighted by atomic mass is 9.97. The molecule has 0 bridgehead atoms. The second-order valence-electron chi connectivity index (χ2n) is 17.1. The van der Waals surface area contributed by atoms with Crippen molar-refractivity contribution >= 4 is 59.8 Å². The minimum Gasteiger partial charge on any atom is -0.463 e. The van der Waals surface area contributed by atoms with Gasteiger partial charge in [-0.15, -0.1) is 0 Å². The summed E-state index contributed by atoms with van der Waals surface area (Å²) in [7, 11) is 0. The molecule has 2 amide bonds. The molecule has 2 fully saturated rings. The van der Waals surface area contributed by atoms with E-state index in [1.54, 1.807) is 0 Å². The van der Waals surface area contributed by atoms with E-state index in [0.29, 0.717) is 6.42 Å². The van der Waals surface area contributed by atoms with Gasteiger partial charge >= 0.3 is 53.8 Å². The van der Waals surface area contributed by atoms with Crippen molar-refractivity contribution in [3.05, 3.63) is 12.7 Å². The van der Waals surface area contributed by atoms with E-state index in [2.05, 4.69) is 24.1 Å². The maximum Gasteiger partial charge on any atom is 0.407 e. The summed E-state index contributed by atoms with van der Waals surface area (Å²) in [6, 6.07) is 0. The predicted octanol–water partition coefficient (Wildman–Crippen LogP) is 2.48. The Hall–Kier alpha value is -5.92. The summed E-state index contributed by atoms with van der Waals surface area (Å²) in [5, 5.41) is 5.26. The van der Waals surface area contributed by atoms with Crippen molar-refractivity contribution in [1.29, 1.82) is 0 Å². The van der Waals surface area contributed by atoms with Crippen molar-refractivity contribution < 1.29 is 110 Å². The van der Waals surface area contributed by atoms with Gasteiger partial charge in [-0.3, -0.25) is 43.2 Å². The molecule has 0 aliphatic carbocycles. The topological polar surface area (TPSA) is 315 Å². The molecule has 25 nitrogen and oxygen atoms in total. The van der Waals surface area contributed by atoms with Crippen LogP contribution in [0.25, 0.3) is 0 Å². The average molecular weight is 1030 g/mol. The zero-order chi connectivity index (χ0) is 54.0. The lowest BCUT2D eigenvalue weighted by Gasteiger charge is -2.46.